The lowest BCUT2D eigenvalue weighted by atomic mass is 10.0. The average molecular weight is 523 g/mol. The Morgan fingerprint density at radius 2 is 2.11 bits per heavy atom. The maximum Gasteiger partial charge on any atom is 0.193 e. The quantitative estimate of drug-likeness (QED) is 0.354. The van der Waals surface area contributed by atoms with Crippen LogP contribution in [-0.2, 0) is 9.47 Å². The minimum atomic E-state index is 0. The molecule has 0 aliphatic carbocycles. The first kappa shape index (κ1) is 23.7. The zero-order valence-electron chi connectivity index (χ0n) is 16.8. The third-order valence-electron chi connectivity index (χ3n) is 5.30. The largest absolute Gasteiger partial charge is 0.381 e. The second-order valence-electron chi connectivity index (χ2n) is 7.26. The number of benzene rings is 1. The molecule has 2 saturated heterocycles. The molecule has 8 heteroatoms. The van der Waals surface area contributed by atoms with Gasteiger partial charge >= 0.3 is 0 Å². The Morgan fingerprint density at radius 1 is 1.32 bits per heavy atom. The van der Waals surface area contributed by atoms with Crippen molar-refractivity contribution in [3.8, 4) is 0 Å². The summed E-state index contributed by atoms with van der Waals surface area (Å²) in [5.41, 5.74) is 1.22. The number of guanidine groups is 1. The average Bonchev–Trinajstić information content (AvgIpc) is 3.19. The predicted octanol–water partition coefficient (Wildman–Crippen LogP) is 2.88. The van der Waals surface area contributed by atoms with E-state index >= 15 is 0 Å². The minimum Gasteiger partial charge on any atom is -0.381 e. The number of halogens is 2. The maximum absolute atomic E-state index is 6.26. The van der Waals surface area contributed by atoms with E-state index in [1.807, 2.05) is 19.2 Å². The van der Waals surface area contributed by atoms with Crippen LogP contribution < -0.4 is 5.32 Å². The van der Waals surface area contributed by atoms with Gasteiger partial charge in [-0.2, -0.15) is 0 Å². The number of hydrogen-bond acceptors (Lipinski definition) is 4. The van der Waals surface area contributed by atoms with Crippen molar-refractivity contribution in [2.75, 3.05) is 66.7 Å². The number of aliphatic imine (C=N–C) groups is 1. The predicted molar refractivity (Wildman–Crippen MR) is 125 cm³/mol. The Labute approximate surface area is 190 Å². The van der Waals surface area contributed by atoms with Crippen molar-refractivity contribution >= 4 is 41.5 Å². The van der Waals surface area contributed by atoms with E-state index in [9.17, 15) is 0 Å². The van der Waals surface area contributed by atoms with E-state index in [-0.39, 0.29) is 30.0 Å². The van der Waals surface area contributed by atoms with E-state index in [0.29, 0.717) is 5.92 Å². The van der Waals surface area contributed by atoms with Gasteiger partial charge in [0.15, 0.2) is 5.96 Å². The van der Waals surface area contributed by atoms with Crippen molar-refractivity contribution in [3.63, 3.8) is 0 Å². The normalized spacial score (nSPS) is 21.8. The molecular weight excluding hydrogens is 491 g/mol. The molecule has 3 rings (SSSR count). The fraction of sp³-hybridized carbons (Fsp3) is 0.650. The van der Waals surface area contributed by atoms with Gasteiger partial charge in [0.25, 0.3) is 0 Å². The SMILES string of the molecule is CN=C(NCC(c1cccc(Cl)c1)N1CCOCC1)N(C)CC1CCOC1.I. The summed E-state index contributed by atoms with van der Waals surface area (Å²) >= 11 is 6.26. The van der Waals surface area contributed by atoms with Gasteiger partial charge in [0, 0.05) is 57.8 Å². The first-order chi connectivity index (χ1) is 13.2. The summed E-state index contributed by atoms with van der Waals surface area (Å²) in [4.78, 5) is 9.14. The van der Waals surface area contributed by atoms with Crippen LogP contribution in [0.5, 0.6) is 0 Å². The van der Waals surface area contributed by atoms with Gasteiger partial charge in [0.1, 0.15) is 0 Å². The maximum atomic E-state index is 6.26. The number of nitrogens with one attached hydrogen (secondary N) is 1. The molecule has 0 amide bonds. The minimum absolute atomic E-state index is 0. The molecule has 1 aromatic carbocycles. The molecule has 2 atom stereocenters. The van der Waals surface area contributed by atoms with Crippen molar-refractivity contribution in [2.45, 2.75) is 12.5 Å². The smallest absolute Gasteiger partial charge is 0.193 e. The summed E-state index contributed by atoms with van der Waals surface area (Å²) in [5.74, 6) is 1.50. The van der Waals surface area contributed by atoms with Gasteiger partial charge in [0.2, 0.25) is 0 Å². The van der Waals surface area contributed by atoms with Gasteiger partial charge in [-0.15, -0.1) is 24.0 Å². The Morgan fingerprint density at radius 3 is 2.75 bits per heavy atom. The van der Waals surface area contributed by atoms with Crippen LogP contribution in [-0.4, -0.2) is 82.5 Å². The van der Waals surface area contributed by atoms with Crippen molar-refractivity contribution in [3.05, 3.63) is 34.9 Å². The van der Waals surface area contributed by atoms with Crippen molar-refractivity contribution in [1.82, 2.24) is 15.1 Å². The number of morpholine rings is 1. The van der Waals surface area contributed by atoms with Crippen LogP contribution in [0.3, 0.4) is 0 Å². The summed E-state index contributed by atoms with van der Waals surface area (Å²) in [6.45, 7) is 6.84. The van der Waals surface area contributed by atoms with Crippen LogP contribution in [0.15, 0.2) is 29.3 Å². The zero-order valence-corrected chi connectivity index (χ0v) is 19.9. The molecule has 1 aromatic rings. The lowest BCUT2D eigenvalue weighted by Crippen LogP contribution is -2.47. The fourth-order valence-electron chi connectivity index (χ4n) is 3.83. The second kappa shape index (κ2) is 12.2. The number of ether oxygens (including phenoxy) is 2. The van der Waals surface area contributed by atoms with Crippen LogP contribution in [0.4, 0.5) is 0 Å². The molecule has 158 valence electrons. The highest BCUT2D eigenvalue weighted by atomic mass is 127. The van der Waals surface area contributed by atoms with Crippen LogP contribution in [0.2, 0.25) is 5.02 Å². The highest BCUT2D eigenvalue weighted by molar-refractivity contribution is 14.0. The lowest BCUT2D eigenvalue weighted by molar-refractivity contribution is 0.0169. The first-order valence-corrected chi connectivity index (χ1v) is 10.1. The van der Waals surface area contributed by atoms with Gasteiger partial charge in [-0.3, -0.25) is 9.89 Å². The monoisotopic (exact) mass is 522 g/mol. The highest BCUT2D eigenvalue weighted by Gasteiger charge is 2.24. The van der Waals surface area contributed by atoms with E-state index in [4.69, 9.17) is 21.1 Å². The molecule has 2 heterocycles. The molecule has 1 N–H and O–H groups in total. The number of hydrogen-bond donors (Lipinski definition) is 1. The number of rotatable bonds is 6. The van der Waals surface area contributed by atoms with Crippen LogP contribution in [0.25, 0.3) is 0 Å². The molecule has 0 spiro atoms. The van der Waals surface area contributed by atoms with Gasteiger partial charge in [-0.1, -0.05) is 23.7 Å². The Hall–Kier alpha value is -0.610. The lowest BCUT2D eigenvalue weighted by Gasteiger charge is -2.36. The Balaban J connectivity index is 0.00000280. The van der Waals surface area contributed by atoms with Crippen LogP contribution >= 0.6 is 35.6 Å². The van der Waals surface area contributed by atoms with Crippen LogP contribution in [0, 0.1) is 5.92 Å². The summed E-state index contributed by atoms with van der Waals surface area (Å²) in [5, 5.41) is 4.34. The molecule has 6 nitrogen and oxygen atoms in total. The third-order valence-corrected chi connectivity index (χ3v) is 5.54. The Bertz CT molecular complexity index is 622. The molecule has 2 unspecified atom stereocenters. The first-order valence-electron chi connectivity index (χ1n) is 9.74. The molecule has 2 aliphatic rings. The molecular formula is C20H32ClIN4O2. The van der Waals surface area contributed by atoms with Crippen LogP contribution in [0.1, 0.15) is 18.0 Å². The highest BCUT2D eigenvalue weighted by Crippen LogP contribution is 2.24. The zero-order chi connectivity index (χ0) is 19.1. The topological polar surface area (TPSA) is 49.3 Å². The van der Waals surface area contributed by atoms with E-state index < -0.39 is 0 Å². The second-order valence-corrected chi connectivity index (χ2v) is 7.69. The standard InChI is InChI=1S/C20H31ClN4O2.HI/c1-22-20(24(2)14-16-6-9-27-15-16)23-13-19(25-7-10-26-11-8-25)17-4-3-5-18(21)12-17;/h3-5,12,16,19H,6-11,13-15H2,1-2H3,(H,22,23);1H. The summed E-state index contributed by atoms with van der Waals surface area (Å²) in [6.07, 6.45) is 1.13. The van der Waals surface area contributed by atoms with Crippen molar-refractivity contribution in [2.24, 2.45) is 10.9 Å². The van der Waals surface area contributed by atoms with Gasteiger partial charge in [-0.05, 0) is 24.1 Å². The van der Waals surface area contributed by atoms with E-state index in [2.05, 4.69) is 39.3 Å². The molecule has 0 aromatic heterocycles. The third kappa shape index (κ3) is 6.73. The Kier molecular flexibility index (Phi) is 10.3. The van der Waals surface area contributed by atoms with Crippen molar-refractivity contribution in [1.29, 1.82) is 0 Å². The van der Waals surface area contributed by atoms with E-state index in [1.54, 1.807) is 0 Å². The van der Waals surface area contributed by atoms with Crippen molar-refractivity contribution < 1.29 is 9.47 Å². The molecule has 0 saturated carbocycles. The molecule has 28 heavy (non-hydrogen) atoms. The van der Waals surface area contributed by atoms with E-state index in [1.165, 1.54) is 5.56 Å². The fourth-order valence-corrected chi connectivity index (χ4v) is 4.03. The molecule has 0 radical (unpaired) electrons. The van der Waals surface area contributed by atoms with Gasteiger partial charge < -0.3 is 19.7 Å². The molecule has 2 aliphatic heterocycles. The van der Waals surface area contributed by atoms with Gasteiger partial charge in [0.05, 0.1) is 25.9 Å². The summed E-state index contributed by atoms with van der Waals surface area (Å²) in [6, 6.07) is 8.38. The molecule has 0 bridgehead atoms. The van der Waals surface area contributed by atoms with E-state index in [0.717, 1.165) is 70.0 Å². The van der Waals surface area contributed by atoms with Gasteiger partial charge in [-0.25, -0.2) is 0 Å². The summed E-state index contributed by atoms with van der Waals surface area (Å²) < 4.78 is 11.0. The number of nitrogens with zero attached hydrogens (tertiary/aromatic N) is 3. The summed E-state index contributed by atoms with van der Waals surface area (Å²) in [7, 11) is 3.93. The molecule has 2 fully saturated rings.